The highest BCUT2D eigenvalue weighted by atomic mass is 79.9. The van der Waals surface area contributed by atoms with E-state index in [9.17, 15) is 10.2 Å². The topological polar surface area (TPSA) is 52.5 Å². The lowest BCUT2D eigenvalue weighted by atomic mass is 9.81. The van der Waals surface area contributed by atoms with Crippen LogP contribution in [0.4, 0.5) is 0 Å². The van der Waals surface area contributed by atoms with Gasteiger partial charge >= 0.3 is 0 Å². The molecule has 0 fully saturated rings. The molecule has 0 saturated carbocycles. The zero-order chi connectivity index (χ0) is 18.3. The number of hydrogen-bond donors (Lipinski definition) is 3. The van der Waals surface area contributed by atoms with E-state index >= 15 is 0 Å². The molecule has 0 aliphatic rings. The minimum absolute atomic E-state index is 0.304. The maximum Gasteiger partial charge on any atom is 0.0935 e. The van der Waals surface area contributed by atoms with Crippen LogP contribution in [0.2, 0.25) is 0 Å². The summed E-state index contributed by atoms with van der Waals surface area (Å²) in [6.45, 7) is 5.02. The highest BCUT2D eigenvalue weighted by molar-refractivity contribution is 9.10. The van der Waals surface area contributed by atoms with Gasteiger partial charge in [-0.1, -0.05) is 58.4 Å². The van der Waals surface area contributed by atoms with Crippen LogP contribution in [0, 0.1) is 0 Å². The molecule has 0 spiro atoms. The van der Waals surface area contributed by atoms with Crippen LogP contribution in [-0.2, 0) is 12.0 Å². The molecule has 4 heteroatoms. The van der Waals surface area contributed by atoms with Crippen molar-refractivity contribution < 1.29 is 10.2 Å². The Hall–Kier alpha value is -1.20. The summed E-state index contributed by atoms with van der Waals surface area (Å²) in [6.07, 6.45) is 1.81. The SMILES string of the molecule is CC(C)(O)CC(O)(CCNCCc1ccc(Br)cc1)c1ccccc1. The zero-order valence-corrected chi connectivity index (χ0v) is 16.6. The first-order chi connectivity index (χ1) is 11.8. The second-order valence-electron chi connectivity index (χ2n) is 7.26. The molecule has 136 valence electrons. The molecule has 2 aromatic rings. The first-order valence-corrected chi connectivity index (χ1v) is 9.53. The van der Waals surface area contributed by atoms with E-state index in [1.807, 2.05) is 42.5 Å². The van der Waals surface area contributed by atoms with Crippen LogP contribution in [0.3, 0.4) is 0 Å². The number of rotatable bonds is 9. The van der Waals surface area contributed by atoms with E-state index in [0.29, 0.717) is 19.4 Å². The van der Waals surface area contributed by atoms with Crippen LogP contribution in [0.15, 0.2) is 59.1 Å². The Balaban J connectivity index is 1.88. The highest BCUT2D eigenvalue weighted by Crippen LogP contribution is 2.33. The van der Waals surface area contributed by atoms with Crippen LogP contribution in [0.25, 0.3) is 0 Å². The number of benzene rings is 2. The normalized spacial score (nSPS) is 14.3. The van der Waals surface area contributed by atoms with Crippen molar-refractivity contribution in [2.75, 3.05) is 13.1 Å². The molecular formula is C21H28BrNO2. The van der Waals surface area contributed by atoms with Gasteiger partial charge < -0.3 is 15.5 Å². The Morgan fingerprint density at radius 1 is 0.920 bits per heavy atom. The van der Waals surface area contributed by atoms with Crippen LogP contribution in [0.1, 0.15) is 37.8 Å². The first kappa shape index (κ1) is 20.1. The van der Waals surface area contributed by atoms with Crippen molar-refractivity contribution in [3.05, 3.63) is 70.2 Å². The molecule has 3 nitrogen and oxygen atoms in total. The Bertz CT molecular complexity index is 637. The Kier molecular flexibility index (Phi) is 7.20. The van der Waals surface area contributed by atoms with E-state index in [-0.39, 0.29) is 0 Å². The summed E-state index contributed by atoms with van der Waals surface area (Å²) in [5.41, 5.74) is 0.170. The van der Waals surface area contributed by atoms with Crippen molar-refractivity contribution in [2.24, 2.45) is 0 Å². The van der Waals surface area contributed by atoms with Crippen LogP contribution in [0.5, 0.6) is 0 Å². The van der Waals surface area contributed by atoms with Gasteiger partial charge in [0.15, 0.2) is 0 Å². The molecule has 0 aromatic heterocycles. The van der Waals surface area contributed by atoms with Gasteiger partial charge in [0.2, 0.25) is 0 Å². The third kappa shape index (κ3) is 6.90. The van der Waals surface area contributed by atoms with E-state index in [1.165, 1.54) is 5.56 Å². The van der Waals surface area contributed by atoms with E-state index in [1.54, 1.807) is 13.8 Å². The maximum atomic E-state index is 11.2. The van der Waals surface area contributed by atoms with Crippen LogP contribution >= 0.6 is 15.9 Å². The minimum atomic E-state index is -1.04. The van der Waals surface area contributed by atoms with Crippen molar-refractivity contribution in [2.45, 2.75) is 44.3 Å². The van der Waals surface area contributed by atoms with Crippen molar-refractivity contribution in [1.82, 2.24) is 5.32 Å². The van der Waals surface area contributed by atoms with Crippen molar-refractivity contribution in [1.29, 1.82) is 0 Å². The molecule has 1 atom stereocenters. The first-order valence-electron chi connectivity index (χ1n) is 8.74. The quantitative estimate of drug-likeness (QED) is 0.552. The highest BCUT2D eigenvalue weighted by Gasteiger charge is 2.34. The van der Waals surface area contributed by atoms with Gasteiger partial charge in [-0.25, -0.2) is 0 Å². The fourth-order valence-electron chi connectivity index (χ4n) is 3.10. The maximum absolute atomic E-state index is 11.2. The van der Waals surface area contributed by atoms with E-state index in [0.717, 1.165) is 23.0 Å². The van der Waals surface area contributed by atoms with Gasteiger partial charge in [-0.05, 0) is 63.0 Å². The fraction of sp³-hybridized carbons (Fsp3) is 0.429. The number of hydrogen-bond acceptors (Lipinski definition) is 3. The molecule has 0 aliphatic heterocycles. The zero-order valence-electron chi connectivity index (χ0n) is 15.0. The average Bonchev–Trinajstić information content (AvgIpc) is 2.55. The van der Waals surface area contributed by atoms with Crippen molar-refractivity contribution in [3.8, 4) is 0 Å². The summed E-state index contributed by atoms with van der Waals surface area (Å²) in [5.74, 6) is 0. The van der Waals surface area contributed by atoms with Gasteiger partial charge in [0.05, 0.1) is 11.2 Å². The summed E-state index contributed by atoms with van der Waals surface area (Å²) >= 11 is 3.44. The molecule has 2 aromatic carbocycles. The van der Waals surface area contributed by atoms with E-state index in [4.69, 9.17) is 0 Å². The molecule has 0 aliphatic carbocycles. The Morgan fingerprint density at radius 2 is 1.56 bits per heavy atom. The Labute approximate surface area is 159 Å². The smallest absolute Gasteiger partial charge is 0.0935 e. The fourth-order valence-corrected chi connectivity index (χ4v) is 3.37. The van der Waals surface area contributed by atoms with Gasteiger partial charge in [-0.3, -0.25) is 0 Å². The molecule has 0 saturated heterocycles. The second-order valence-corrected chi connectivity index (χ2v) is 8.18. The summed E-state index contributed by atoms with van der Waals surface area (Å²) in [6, 6.07) is 17.9. The molecule has 2 rings (SSSR count). The largest absolute Gasteiger partial charge is 0.390 e. The molecule has 25 heavy (non-hydrogen) atoms. The predicted octanol–water partition coefficient (Wildman–Crippen LogP) is 4.02. The van der Waals surface area contributed by atoms with E-state index in [2.05, 4.69) is 33.4 Å². The third-order valence-electron chi connectivity index (χ3n) is 4.26. The average molecular weight is 406 g/mol. The van der Waals surface area contributed by atoms with Crippen molar-refractivity contribution >= 4 is 15.9 Å². The molecular weight excluding hydrogens is 378 g/mol. The lowest BCUT2D eigenvalue weighted by Gasteiger charge is -2.34. The Morgan fingerprint density at radius 3 is 2.16 bits per heavy atom. The monoisotopic (exact) mass is 405 g/mol. The summed E-state index contributed by atoms with van der Waals surface area (Å²) < 4.78 is 1.09. The van der Waals surface area contributed by atoms with Gasteiger partial charge in [-0.2, -0.15) is 0 Å². The van der Waals surface area contributed by atoms with Gasteiger partial charge in [-0.15, -0.1) is 0 Å². The predicted molar refractivity (Wildman–Crippen MR) is 107 cm³/mol. The number of aliphatic hydroxyl groups is 2. The van der Waals surface area contributed by atoms with Gasteiger partial charge in [0.25, 0.3) is 0 Å². The minimum Gasteiger partial charge on any atom is -0.390 e. The molecule has 1 unspecified atom stereocenters. The summed E-state index contributed by atoms with van der Waals surface area (Å²) in [4.78, 5) is 0. The van der Waals surface area contributed by atoms with Gasteiger partial charge in [0, 0.05) is 10.9 Å². The van der Waals surface area contributed by atoms with Gasteiger partial charge in [0.1, 0.15) is 0 Å². The standard InChI is InChI=1S/C21H28BrNO2/c1-20(2,24)16-21(25,18-6-4-3-5-7-18)13-15-23-14-12-17-8-10-19(22)11-9-17/h3-11,23-25H,12-16H2,1-2H3. The number of nitrogens with one attached hydrogen (secondary N) is 1. The molecule has 3 N–H and O–H groups in total. The third-order valence-corrected chi connectivity index (χ3v) is 4.78. The van der Waals surface area contributed by atoms with Crippen LogP contribution in [-0.4, -0.2) is 28.9 Å². The summed E-state index contributed by atoms with van der Waals surface area (Å²) in [7, 11) is 0. The molecule has 0 radical (unpaired) electrons. The lowest BCUT2D eigenvalue weighted by molar-refractivity contribution is -0.0553. The van der Waals surface area contributed by atoms with Crippen LogP contribution < -0.4 is 5.32 Å². The van der Waals surface area contributed by atoms with Crippen molar-refractivity contribution in [3.63, 3.8) is 0 Å². The molecule has 0 bridgehead atoms. The molecule has 0 amide bonds. The second kappa shape index (κ2) is 8.95. The number of halogens is 1. The lowest BCUT2D eigenvalue weighted by Crippen LogP contribution is -2.38. The summed E-state index contributed by atoms with van der Waals surface area (Å²) in [5, 5.41) is 24.8. The molecule has 0 heterocycles. The van der Waals surface area contributed by atoms with E-state index < -0.39 is 11.2 Å².